The van der Waals surface area contributed by atoms with Gasteiger partial charge in [-0.1, -0.05) is 11.8 Å². The van der Waals surface area contributed by atoms with E-state index in [1.165, 1.54) is 11.8 Å². The fourth-order valence-electron chi connectivity index (χ4n) is 1.02. The summed E-state index contributed by atoms with van der Waals surface area (Å²) in [6.45, 7) is 4.51. The maximum atomic E-state index is 8.71. The van der Waals surface area contributed by atoms with Gasteiger partial charge in [0.2, 0.25) is 11.9 Å². The molecule has 3 N–H and O–H groups in total. The standard InChI is InChI=1S/C9H17N5OS/c1-6(2)11-8-12-7(10-4-5-15)13-9(14-8)16-3/h6,15H,4-5H2,1-3H3,(H2,10,11,12,13,14). The molecule has 0 unspecified atom stereocenters. The number of nitrogens with one attached hydrogen (secondary N) is 2. The summed E-state index contributed by atoms with van der Waals surface area (Å²) in [5.74, 6) is 1.03. The van der Waals surface area contributed by atoms with Gasteiger partial charge in [-0.2, -0.15) is 15.0 Å². The normalized spacial score (nSPS) is 10.6. The Bertz CT molecular complexity index is 334. The zero-order valence-electron chi connectivity index (χ0n) is 9.69. The van der Waals surface area contributed by atoms with Gasteiger partial charge in [-0.3, -0.25) is 0 Å². The van der Waals surface area contributed by atoms with E-state index in [1.807, 2.05) is 20.1 Å². The van der Waals surface area contributed by atoms with Crippen molar-refractivity contribution in [2.45, 2.75) is 25.0 Å². The first-order valence-electron chi connectivity index (χ1n) is 5.07. The molecule has 16 heavy (non-hydrogen) atoms. The van der Waals surface area contributed by atoms with Gasteiger partial charge in [-0.25, -0.2) is 0 Å². The third kappa shape index (κ3) is 4.19. The number of aliphatic hydroxyl groups excluding tert-OH is 1. The van der Waals surface area contributed by atoms with Crippen LogP contribution in [-0.2, 0) is 0 Å². The molecule has 0 aliphatic rings. The molecule has 1 rings (SSSR count). The molecule has 1 aromatic heterocycles. The maximum Gasteiger partial charge on any atom is 0.228 e. The first kappa shape index (κ1) is 13.0. The molecular formula is C9H17N5OS. The Morgan fingerprint density at radius 1 is 1.25 bits per heavy atom. The second-order valence-corrected chi connectivity index (χ2v) is 4.19. The number of rotatable bonds is 6. The molecule has 1 heterocycles. The number of aromatic nitrogens is 3. The van der Waals surface area contributed by atoms with Gasteiger partial charge in [0.25, 0.3) is 0 Å². The number of hydrogen-bond acceptors (Lipinski definition) is 7. The van der Waals surface area contributed by atoms with Gasteiger partial charge in [0, 0.05) is 12.6 Å². The van der Waals surface area contributed by atoms with Crippen molar-refractivity contribution in [3.05, 3.63) is 0 Å². The molecule has 0 spiro atoms. The van der Waals surface area contributed by atoms with Crippen molar-refractivity contribution in [3.63, 3.8) is 0 Å². The number of aliphatic hydroxyl groups is 1. The van der Waals surface area contributed by atoms with Crippen LogP contribution in [-0.4, -0.2) is 45.5 Å². The predicted molar refractivity (Wildman–Crippen MR) is 65.9 cm³/mol. The van der Waals surface area contributed by atoms with Crippen LogP contribution in [0.15, 0.2) is 5.16 Å². The van der Waals surface area contributed by atoms with Crippen LogP contribution in [0.4, 0.5) is 11.9 Å². The van der Waals surface area contributed by atoms with Crippen molar-refractivity contribution < 1.29 is 5.11 Å². The molecule has 0 aliphatic carbocycles. The zero-order valence-corrected chi connectivity index (χ0v) is 10.5. The van der Waals surface area contributed by atoms with E-state index in [2.05, 4.69) is 25.6 Å². The van der Waals surface area contributed by atoms with Crippen LogP contribution in [0.5, 0.6) is 0 Å². The number of anilines is 2. The average molecular weight is 243 g/mol. The Morgan fingerprint density at radius 2 is 1.94 bits per heavy atom. The molecule has 0 aromatic carbocycles. The van der Waals surface area contributed by atoms with Crippen LogP contribution >= 0.6 is 11.8 Å². The predicted octanol–water partition coefficient (Wildman–Crippen LogP) is 0.818. The summed E-state index contributed by atoms with van der Waals surface area (Å²) in [6.07, 6.45) is 1.91. The molecular weight excluding hydrogens is 226 g/mol. The quantitative estimate of drug-likeness (QED) is 0.638. The van der Waals surface area contributed by atoms with Gasteiger partial charge in [-0.05, 0) is 20.1 Å². The van der Waals surface area contributed by atoms with Gasteiger partial charge in [0.1, 0.15) is 0 Å². The number of hydrogen-bond donors (Lipinski definition) is 3. The number of nitrogens with zero attached hydrogens (tertiary/aromatic N) is 3. The highest BCUT2D eigenvalue weighted by molar-refractivity contribution is 7.98. The van der Waals surface area contributed by atoms with Crippen molar-refractivity contribution >= 4 is 23.7 Å². The van der Waals surface area contributed by atoms with E-state index >= 15 is 0 Å². The minimum absolute atomic E-state index is 0.0488. The van der Waals surface area contributed by atoms with Gasteiger partial charge < -0.3 is 15.7 Å². The van der Waals surface area contributed by atoms with E-state index in [4.69, 9.17) is 5.11 Å². The Labute approximate surface area is 99.3 Å². The maximum absolute atomic E-state index is 8.71. The monoisotopic (exact) mass is 243 g/mol. The van der Waals surface area contributed by atoms with Gasteiger partial charge in [0.05, 0.1) is 6.61 Å². The van der Waals surface area contributed by atoms with Crippen LogP contribution in [0.2, 0.25) is 0 Å². The lowest BCUT2D eigenvalue weighted by Gasteiger charge is -2.10. The molecule has 0 atom stereocenters. The molecule has 0 radical (unpaired) electrons. The van der Waals surface area contributed by atoms with E-state index in [1.54, 1.807) is 0 Å². The molecule has 0 fully saturated rings. The van der Waals surface area contributed by atoms with Gasteiger partial charge in [0.15, 0.2) is 5.16 Å². The van der Waals surface area contributed by atoms with Crippen LogP contribution in [0, 0.1) is 0 Å². The highest BCUT2D eigenvalue weighted by atomic mass is 32.2. The van der Waals surface area contributed by atoms with E-state index < -0.39 is 0 Å². The average Bonchev–Trinajstić information content (AvgIpc) is 2.25. The molecule has 7 heteroatoms. The third-order valence-electron chi connectivity index (χ3n) is 1.61. The Hall–Kier alpha value is -1.08. The molecule has 6 nitrogen and oxygen atoms in total. The summed E-state index contributed by atoms with van der Waals surface area (Å²) in [5.41, 5.74) is 0. The third-order valence-corrected chi connectivity index (χ3v) is 2.16. The van der Waals surface area contributed by atoms with Crippen LogP contribution in [0.3, 0.4) is 0 Å². The van der Waals surface area contributed by atoms with Crippen LogP contribution in [0.1, 0.15) is 13.8 Å². The minimum Gasteiger partial charge on any atom is -0.395 e. The Balaban J connectivity index is 2.82. The second kappa shape index (κ2) is 6.49. The fourth-order valence-corrected chi connectivity index (χ4v) is 1.37. The lowest BCUT2D eigenvalue weighted by molar-refractivity contribution is 0.310. The van der Waals surface area contributed by atoms with E-state index in [9.17, 15) is 0 Å². The summed E-state index contributed by atoms with van der Waals surface area (Å²) in [7, 11) is 0. The molecule has 90 valence electrons. The summed E-state index contributed by atoms with van der Waals surface area (Å²) >= 11 is 1.45. The molecule has 1 aromatic rings. The first-order chi connectivity index (χ1) is 7.65. The van der Waals surface area contributed by atoms with Crippen molar-refractivity contribution in [1.82, 2.24) is 15.0 Å². The van der Waals surface area contributed by atoms with Gasteiger partial charge >= 0.3 is 0 Å². The SMILES string of the molecule is CSc1nc(NCCO)nc(NC(C)C)n1. The van der Waals surface area contributed by atoms with Crippen molar-refractivity contribution in [1.29, 1.82) is 0 Å². The fraction of sp³-hybridized carbons (Fsp3) is 0.667. The van der Waals surface area contributed by atoms with E-state index in [0.717, 1.165) is 0 Å². The van der Waals surface area contributed by atoms with E-state index in [0.29, 0.717) is 23.6 Å². The van der Waals surface area contributed by atoms with Crippen molar-refractivity contribution in [2.75, 3.05) is 30.0 Å². The lowest BCUT2D eigenvalue weighted by atomic mass is 10.4. The van der Waals surface area contributed by atoms with Gasteiger partial charge in [-0.15, -0.1) is 0 Å². The molecule has 0 aliphatic heterocycles. The van der Waals surface area contributed by atoms with E-state index in [-0.39, 0.29) is 12.6 Å². The van der Waals surface area contributed by atoms with Crippen molar-refractivity contribution in [2.24, 2.45) is 0 Å². The summed E-state index contributed by atoms with van der Waals surface area (Å²) in [6, 6.07) is 0.266. The highest BCUT2D eigenvalue weighted by Gasteiger charge is 2.06. The summed E-state index contributed by atoms with van der Waals surface area (Å²) in [5, 5.41) is 15.4. The summed E-state index contributed by atoms with van der Waals surface area (Å²) < 4.78 is 0. The second-order valence-electron chi connectivity index (χ2n) is 3.42. The highest BCUT2D eigenvalue weighted by Crippen LogP contribution is 2.13. The first-order valence-corrected chi connectivity index (χ1v) is 6.29. The number of thioether (sulfide) groups is 1. The topological polar surface area (TPSA) is 83.0 Å². The Kier molecular flexibility index (Phi) is 5.27. The van der Waals surface area contributed by atoms with Crippen molar-refractivity contribution in [3.8, 4) is 0 Å². The molecule has 0 amide bonds. The van der Waals surface area contributed by atoms with Crippen LogP contribution < -0.4 is 10.6 Å². The smallest absolute Gasteiger partial charge is 0.228 e. The lowest BCUT2D eigenvalue weighted by Crippen LogP contribution is -2.16. The largest absolute Gasteiger partial charge is 0.395 e. The molecule has 0 saturated carbocycles. The minimum atomic E-state index is 0.0488. The van der Waals surface area contributed by atoms with Crippen LogP contribution in [0.25, 0.3) is 0 Å². The molecule has 0 bridgehead atoms. The summed E-state index contributed by atoms with van der Waals surface area (Å²) in [4.78, 5) is 12.6. The Morgan fingerprint density at radius 3 is 2.50 bits per heavy atom. The molecule has 0 saturated heterocycles. The zero-order chi connectivity index (χ0) is 12.0.